The van der Waals surface area contributed by atoms with Crippen LogP contribution in [-0.4, -0.2) is 47.0 Å². The van der Waals surface area contributed by atoms with Crippen LogP contribution in [0.25, 0.3) is 0 Å². The highest BCUT2D eigenvalue weighted by Gasteiger charge is 2.23. The van der Waals surface area contributed by atoms with Gasteiger partial charge in [0.1, 0.15) is 0 Å². The number of hydrogen-bond acceptors (Lipinski definition) is 5. The number of thioether (sulfide) groups is 1. The second-order valence-corrected chi connectivity index (χ2v) is 9.77. The summed E-state index contributed by atoms with van der Waals surface area (Å²) >= 11 is 13.6. The fraction of sp³-hybridized carbons (Fsp3) is 0.292. The highest BCUT2D eigenvalue weighted by atomic mass is 35.5. The van der Waals surface area contributed by atoms with Crippen molar-refractivity contribution >= 4 is 46.6 Å². The molecule has 172 valence electrons. The summed E-state index contributed by atoms with van der Waals surface area (Å²) in [4.78, 5) is 36.3. The Labute approximate surface area is 206 Å². The average Bonchev–Trinajstić information content (AvgIpc) is 2.79. The average molecular weight is 503 g/mol. The largest absolute Gasteiger partial charge is 0.368 e. The van der Waals surface area contributed by atoms with E-state index in [0.29, 0.717) is 39.7 Å². The number of aryl methyl sites for hydroxylation is 1. The summed E-state index contributed by atoms with van der Waals surface area (Å²) in [6, 6.07) is 14.8. The Bertz CT molecular complexity index is 1210. The van der Waals surface area contributed by atoms with Crippen LogP contribution in [0.15, 0.2) is 58.5 Å². The van der Waals surface area contributed by atoms with Crippen LogP contribution in [0.3, 0.4) is 0 Å². The van der Waals surface area contributed by atoms with Crippen LogP contribution in [0, 0.1) is 6.92 Å². The van der Waals surface area contributed by atoms with Crippen LogP contribution in [0.2, 0.25) is 10.0 Å². The number of hydrogen-bond donors (Lipinski definition) is 1. The fourth-order valence-electron chi connectivity index (χ4n) is 3.81. The van der Waals surface area contributed by atoms with E-state index in [0.717, 1.165) is 29.9 Å². The first-order valence-corrected chi connectivity index (χ1v) is 12.4. The molecular weight excluding hydrogens is 479 g/mol. The van der Waals surface area contributed by atoms with Crippen molar-refractivity contribution in [2.75, 3.05) is 31.1 Å². The molecule has 0 aliphatic carbocycles. The first-order valence-electron chi connectivity index (χ1n) is 10.6. The Hall–Kier alpha value is -2.48. The molecule has 9 heteroatoms. The van der Waals surface area contributed by atoms with Gasteiger partial charge in [-0.25, -0.2) is 4.98 Å². The normalized spacial score (nSPS) is 13.9. The van der Waals surface area contributed by atoms with Gasteiger partial charge < -0.3 is 14.8 Å². The molecule has 0 radical (unpaired) electrons. The van der Waals surface area contributed by atoms with Crippen molar-refractivity contribution < 1.29 is 4.79 Å². The van der Waals surface area contributed by atoms with Crippen molar-refractivity contribution in [2.45, 2.75) is 24.3 Å². The molecule has 2 aromatic carbocycles. The molecule has 0 unspecified atom stereocenters. The molecule has 1 N–H and O–H groups in total. The lowest BCUT2D eigenvalue weighted by molar-refractivity contribution is -0.130. The van der Waals surface area contributed by atoms with Crippen molar-refractivity contribution in [1.82, 2.24) is 14.9 Å². The Balaban J connectivity index is 1.35. The molecule has 0 atom stereocenters. The van der Waals surface area contributed by atoms with E-state index in [9.17, 15) is 9.59 Å². The van der Waals surface area contributed by atoms with Crippen LogP contribution in [0.5, 0.6) is 0 Å². The van der Waals surface area contributed by atoms with Gasteiger partial charge in [-0.2, -0.15) is 0 Å². The zero-order valence-electron chi connectivity index (χ0n) is 18.2. The molecule has 0 bridgehead atoms. The number of carbonyl (C=O) groups excluding carboxylic acids is 1. The molecule has 0 spiro atoms. The smallest absolute Gasteiger partial charge is 0.251 e. The van der Waals surface area contributed by atoms with E-state index in [4.69, 9.17) is 23.2 Å². The molecule has 3 aromatic rings. The third-order valence-corrected chi connectivity index (χ3v) is 6.93. The number of H-pyrrole nitrogens is 1. The molecule has 33 heavy (non-hydrogen) atoms. The van der Waals surface area contributed by atoms with E-state index >= 15 is 0 Å². The molecule has 1 aliphatic rings. The second-order valence-electron chi connectivity index (χ2n) is 7.94. The summed E-state index contributed by atoms with van der Waals surface area (Å²) < 4.78 is 0. The highest BCUT2D eigenvalue weighted by molar-refractivity contribution is 7.98. The van der Waals surface area contributed by atoms with Crippen molar-refractivity contribution in [3.05, 3.63) is 85.8 Å². The number of nitrogens with one attached hydrogen (secondary N) is 1. The number of halogens is 2. The van der Waals surface area contributed by atoms with E-state index < -0.39 is 0 Å². The van der Waals surface area contributed by atoms with Crippen molar-refractivity contribution in [3.8, 4) is 0 Å². The molecule has 1 amide bonds. The van der Waals surface area contributed by atoms with Crippen molar-refractivity contribution in [2.24, 2.45) is 0 Å². The standard InChI is InChI=1S/C24H24Cl2N4O2S/c1-16-5-6-19(26)12-21(16)29-7-9-30(10-8-29)23(32)14-20-13-22(31)28-24(27-20)33-15-17-3-2-4-18(25)11-17/h2-6,11-13H,7-10,14-15H2,1H3,(H,27,28,31). The van der Waals surface area contributed by atoms with E-state index in [1.54, 1.807) is 0 Å². The molecule has 2 heterocycles. The monoisotopic (exact) mass is 502 g/mol. The van der Waals surface area contributed by atoms with E-state index in [2.05, 4.69) is 21.8 Å². The summed E-state index contributed by atoms with van der Waals surface area (Å²) in [5, 5.41) is 1.87. The van der Waals surface area contributed by atoms with Crippen molar-refractivity contribution in [3.63, 3.8) is 0 Å². The Morgan fingerprint density at radius 1 is 1.06 bits per heavy atom. The molecular formula is C24H24Cl2N4O2S. The fourth-order valence-corrected chi connectivity index (χ4v) is 5.02. The van der Waals surface area contributed by atoms with Gasteiger partial charge in [0.05, 0.1) is 12.1 Å². The molecule has 6 nitrogen and oxygen atoms in total. The first-order chi connectivity index (χ1) is 15.9. The number of rotatable bonds is 6. The van der Waals surface area contributed by atoms with Crippen LogP contribution in [-0.2, 0) is 17.0 Å². The summed E-state index contributed by atoms with van der Waals surface area (Å²) in [5.74, 6) is 0.590. The lowest BCUT2D eigenvalue weighted by Gasteiger charge is -2.37. The zero-order valence-corrected chi connectivity index (χ0v) is 20.5. The number of aromatic nitrogens is 2. The van der Waals surface area contributed by atoms with Gasteiger partial charge in [-0.1, -0.05) is 53.2 Å². The number of anilines is 1. The van der Waals surface area contributed by atoms with Gasteiger partial charge in [0.15, 0.2) is 5.16 Å². The summed E-state index contributed by atoms with van der Waals surface area (Å²) in [5.41, 5.74) is 3.51. The lowest BCUT2D eigenvalue weighted by Crippen LogP contribution is -2.49. The minimum absolute atomic E-state index is 0.0265. The maximum absolute atomic E-state index is 12.9. The molecule has 1 aliphatic heterocycles. The number of aromatic amines is 1. The summed E-state index contributed by atoms with van der Waals surface area (Å²) in [6.45, 7) is 4.76. The predicted octanol–water partition coefficient (Wildman–Crippen LogP) is 4.57. The van der Waals surface area contributed by atoms with Crippen molar-refractivity contribution in [1.29, 1.82) is 0 Å². The quantitative estimate of drug-likeness (QED) is 0.394. The summed E-state index contributed by atoms with van der Waals surface area (Å²) in [7, 11) is 0. The lowest BCUT2D eigenvalue weighted by atomic mass is 10.1. The number of amides is 1. The third kappa shape index (κ3) is 6.31. The van der Waals surface area contributed by atoms with Gasteiger partial charge in [0, 0.05) is 53.7 Å². The Kier molecular flexibility index (Phi) is 7.63. The van der Waals surface area contributed by atoms with E-state index in [1.165, 1.54) is 17.8 Å². The maximum Gasteiger partial charge on any atom is 0.251 e. The van der Waals surface area contributed by atoms with Gasteiger partial charge in [0.2, 0.25) is 5.91 Å². The molecule has 0 saturated carbocycles. The van der Waals surface area contributed by atoms with Gasteiger partial charge in [-0.3, -0.25) is 9.59 Å². The SMILES string of the molecule is Cc1ccc(Cl)cc1N1CCN(C(=O)Cc2cc(=O)[nH]c(SCc3cccc(Cl)c3)n2)CC1. The van der Waals surface area contributed by atoms with E-state index in [1.807, 2.05) is 47.4 Å². The molecule has 1 saturated heterocycles. The third-order valence-electron chi connectivity index (χ3n) is 5.51. The number of piperazine rings is 1. The molecule has 1 fully saturated rings. The van der Waals surface area contributed by atoms with Crippen LogP contribution in [0.4, 0.5) is 5.69 Å². The maximum atomic E-state index is 12.9. The highest BCUT2D eigenvalue weighted by Crippen LogP contribution is 2.25. The van der Waals surface area contributed by atoms with Crippen LogP contribution < -0.4 is 10.5 Å². The topological polar surface area (TPSA) is 69.3 Å². The first kappa shape index (κ1) is 23.7. The zero-order chi connectivity index (χ0) is 23.4. The number of carbonyl (C=O) groups is 1. The van der Waals surface area contributed by atoms with Gasteiger partial charge >= 0.3 is 0 Å². The van der Waals surface area contributed by atoms with Crippen LogP contribution >= 0.6 is 35.0 Å². The van der Waals surface area contributed by atoms with Gasteiger partial charge in [0.25, 0.3) is 5.56 Å². The molecule has 1 aromatic heterocycles. The number of benzene rings is 2. The summed E-state index contributed by atoms with van der Waals surface area (Å²) in [6.07, 6.45) is 0.102. The van der Waals surface area contributed by atoms with Gasteiger partial charge in [-0.05, 0) is 42.3 Å². The minimum atomic E-state index is -0.261. The van der Waals surface area contributed by atoms with Gasteiger partial charge in [-0.15, -0.1) is 0 Å². The second kappa shape index (κ2) is 10.6. The Morgan fingerprint density at radius 2 is 1.82 bits per heavy atom. The van der Waals surface area contributed by atoms with Crippen LogP contribution in [0.1, 0.15) is 16.8 Å². The Morgan fingerprint density at radius 3 is 2.58 bits per heavy atom. The predicted molar refractivity (Wildman–Crippen MR) is 135 cm³/mol. The molecule has 4 rings (SSSR count). The van der Waals surface area contributed by atoms with E-state index in [-0.39, 0.29) is 17.9 Å². The minimum Gasteiger partial charge on any atom is -0.368 e. The number of nitrogens with zero attached hydrogens (tertiary/aromatic N) is 3.